The Bertz CT molecular complexity index is 1050. The van der Waals surface area contributed by atoms with Gasteiger partial charge in [-0.15, -0.1) is 0 Å². The van der Waals surface area contributed by atoms with Crippen LogP contribution in [-0.2, 0) is 22.2 Å². The molecule has 2 aliphatic heterocycles. The fraction of sp³-hybridized carbons (Fsp3) is 0.462. The fourth-order valence-corrected chi connectivity index (χ4v) is 4.81. The van der Waals surface area contributed by atoms with E-state index < -0.39 is 23.6 Å². The van der Waals surface area contributed by atoms with Gasteiger partial charge in [-0.3, -0.25) is 9.59 Å². The lowest BCUT2D eigenvalue weighted by Gasteiger charge is -2.35. The first-order chi connectivity index (χ1) is 16.5. The zero-order valence-electron chi connectivity index (χ0n) is 19.2. The number of hydrogen-bond acceptors (Lipinski definition) is 3. The normalized spacial score (nSPS) is 20.7. The predicted molar refractivity (Wildman–Crippen MR) is 123 cm³/mol. The van der Waals surface area contributed by atoms with Gasteiger partial charge in [-0.25, -0.2) is 8.78 Å². The summed E-state index contributed by atoms with van der Waals surface area (Å²) in [5, 5.41) is 0. The number of Topliss-reactive ketones (excluding diaryl/α,β-unsaturated/α-hetero) is 1. The largest absolute Gasteiger partial charge is 0.416 e. The summed E-state index contributed by atoms with van der Waals surface area (Å²) >= 11 is 0. The predicted octanol–water partition coefficient (Wildman–Crippen LogP) is 5.89. The molecular weight excluding hydrogens is 467 g/mol. The van der Waals surface area contributed by atoms with Crippen LogP contribution in [0.25, 0.3) is 0 Å². The average molecular weight is 495 g/mol. The second kappa shape index (κ2) is 9.95. The van der Waals surface area contributed by atoms with Crippen LogP contribution in [0, 0.1) is 5.92 Å². The molecule has 2 aromatic rings. The highest BCUT2D eigenvalue weighted by molar-refractivity contribution is 5.98. The third kappa shape index (κ3) is 6.18. The average Bonchev–Trinajstić information content (AvgIpc) is 2.80. The second-order valence-electron chi connectivity index (χ2n) is 9.34. The van der Waals surface area contributed by atoms with Crippen LogP contribution in [0.5, 0.6) is 0 Å². The summed E-state index contributed by atoms with van der Waals surface area (Å²) in [5.74, 6) is -3.58. The molecule has 2 fully saturated rings. The van der Waals surface area contributed by atoms with E-state index in [0.29, 0.717) is 49.3 Å². The zero-order valence-corrected chi connectivity index (χ0v) is 19.2. The van der Waals surface area contributed by atoms with Crippen molar-refractivity contribution in [3.63, 3.8) is 0 Å². The van der Waals surface area contributed by atoms with Gasteiger partial charge in [0, 0.05) is 49.6 Å². The molecule has 4 rings (SSSR count). The van der Waals surface area contributed by atoms with Crippen molar-refractivity contribution in [3.8, 4) is 0 Å². The second-order valence-corrected chi connectivity index (χ2v) is 9.34. The third-order valence-electron chi connectivity index (χ3n) is 6.63. The number of amides is 1. The minimum absolute atomic E-state index is 0.0251. The highest BCUT2D eigenvalue weighted by Gasteiger charge is 2.36. The lowest BCUT2D eigenvalue weighted by atomic mass is 9.90. The number of alkyl halides is 5. The molecule has 188 valence electrons. The monoisotopic (exact) mass is 494 g/mol. The molecule has 2 saturated heterocycles. The molecule has 0 unspecified atom stereocenters. The van der Waals surface area contributed by atoms with Gasteiger partial charge in [0.25, 0.3) is 5.92 Å². The number of halogens is 5. The molecule has 1 atom stereocenters. The van der Waals surface area contributed by atoms with Crippen LogP contribution in [0.3, 0.4) is 0 Å². The Kier molecular flexibility index (Phi) is 7.15. The topological polar surface area (TPSA) is 40.6 Å². The smallest absolute Gasteiger partial charge is 0.365 e. The third-order valence-corrected chi connectivity index (χ3v) is 6.63. The maximum Gasteiger partial charge on any atom is 0.416 e. The molecule has 0 saturated carbocycles. The molecule has 0 spiro atoms. The highest BCUT2D eigenvalue weighted by atomic mass is 19.4. The molecule has 9 heteroatoms. The van der Waals surface area contributed by atoms with E-state index in [4.69, 9.17) is 0 Å². The van der Waals surface area contributed by atoms with Crippen LogP contribution < -0.4 is 9.80 Å². The van der Waals surface area contributed by atoms with Crippen molar-refractivity contribution in [2.24, 2.45) is 5.92 Å². The fourth-order valence-electron chi connectivity index (χ4n) is 4.81. The Hall–Kier alpha value is -2.97. The number of rotatable bonds is 6. The Morgan fingerprint density at radius 2 is 1.60 bits per heavy atom. The van der Waals surface area contributed by atoms with Crippen molar-refractivity contribution in [3.05, 3.63) is 59.7 Å². The van der Waals surface area contributed by atoms with Gasteiger partial charge in [0.05, 0.1) is 12.1 Å². The quantitative estimate of drug-likeness (QED) is 0.471. The Morgan fingerprint density at radius 1 is 0.943 bits per heavy atom. The maximum atomic E-state index is 13.7. The number of hydrogen-bond donors (Lipinski definition) is 0. The van der Waals surface area contributed by atoms with Crippen molar-refractivity contribution in [1.82, 2.24) is 0 Å². The van der Waals surface area contributed by atoms with E-state index in [-0.39, 0.29) is 37.5 Å². The van der Waals surface area contributed by atoms with Crippen LogP contribution in [0.15, 0.2) is 48.5 Å². The van der Waals surface area contributed by atoms with Gasteiger partial charge in [-0.1, -0.05) is 12.1 Å². The van der Waals surface area contributed by atoms with Gasteiger partial charge in [0.1, 0.15) is 5.78 Å². The first-order valence-corrected chi connectivity index (χ1v) is 11.7. The summed E-state index contributed by atoms with van der Waals surface area (Å²) in [7, 11) is 0. The molecule has 0 bridgehead atoms. The van der Waals surface area contributed by atoms with Crippen molar-refractivity contribution in [1.29, 1.82) is 0 Å². The van der Waals surface area contributed by atoms with Crippen LogP contribution in [0.4, 0.5) is 33.3 Å². The van der Waals surface area contributed by atoms with Gasteiger partial charge in [-0.2, -0.15) is 13.2 Å². The van der Waals surface area contributed by atoms with Crippen LogP contribution >= 0.6 is 0 Å². The summed E-state index contributed by atoms with van der Waals surface area (Å²) in [5.41, 5.74) is 1.04. The summed E-state index contributed by atoms with van der Waals surface area (Å²) in [6, 6.07) is 11.4. The van der Waals surface area contributed by atoms with Crippen molar-refractivity contribution in [2.45, 2.75) is 50.6 Å². The Labute approximate surface area is 200 Å². The number of anilines is 2. The minimum atomic E-state index is -4.43. The number of ketones is 1. The van der Waals surface area contributed by atoms with E-state index in [2.05, 4.69) is 0 Å². The van der Waals surface area contributed by atoms with Gasteiger partial charge in [0.2, 0.25) is 5.91 Å². The summed E-state index contributed by atoms with van der Waals surface area (Å²) in [6.45, 7) is 0.738. The van der Waals surface area contributed by atoms with Crippen LogP contribution in [0.1, 0.15) is 43.2 Å². The van der Waals surface area contributed by atoms with E-state index in [1.165, 1.54) is 12.1 Å². The van der Waals surface area contributed by atoms with Gasteiger partial charge in [0.15, 0.2) is 0 Å². The molecule has 2 aromatic carbocycles. The van der Waals surface area contributed by atoms with Gasteiger partial charge < -0.3 is 9.80 Å². The summed E-state index contributed by atoms with van der Waals surface area (Å²) < 4.78 is 65.6. The van der Waals surface area contributed by atoms with E-state index in [1.807, 2.05) is 0 Å². The molecule has 35 heavy (non-hydrogen) atoms. The van der Waals surface area contributed by atoms with Gasteiger partial charge in [-0.05, 0) is 61.2 Å². The molecule has 0 radical (unpaired) electrons. The molecule has 2 aliphatic rings. The van der Waals surface area contributed by atoms with Crippen molar-refractivity contribution >= 4 is 23.1 Å². The SMILES string of the molecule is O=C(Cc1ccc(C(F)(F)F)cc1)C[C@@H]1CCCN(c2ccc(N3CCCC(F)(F)C3)cc2)C1=O. The Balaban J connectivity index is 1.36. The first-order valence-electron chi connectivity index (χ1n) is 11.7. The van der Waals surface area contributed by atoms with Crippen molar-refractivity contribution < 1.29 is 31.5 Å². The molecule has 1 amide bonds. The molecule has 0 aromatic heterocycles. The Morgan fingerprint density at radius 3 is 2.23 bits per heavy atom. The molecular formula is C26H27F5N2O2. The summed E-state index contributed by atoms with van der Waals surface area (Å²) in [4.78, 5) is 28.9. The van der Waals surface area contributed by atoms with Crippen LogP contribution in [-0.4, -0.2) is 37.2 Å². The molecule has 2 heterocycles. The van der Waals surface area contributed by atoms with E-state index in [0.717, 1.165) is 12.1 Å². The number of carbonyl (C=O) groups excluding carboxylic acids is 2. The van der Waals surface area contributed by atoms with Crippen LogP contribution in [0.2, 0.25) is 0 Å². The first kappa shape index (κ1) is 25.1. The number of benzene rings is 2. The lowest BCUT2D eigenvalue weighted by molar-refractivity contribution is -0.137. The molecule has 0 N–H and O–H groups in total. The standard InChI is InChI=1S/C26H27F5N2O2/c27-25(28)12-2-13-32(17-25)21-8-10-22(11-9-21)33-14-1-3-19(24(33)35)16-23(34)15-18-4-6-20(7-5-18)26(29,30)31/h4-11,19H,1-3,12-17H2/t19-/m0/s1. The number of piperidine rings is 2. The molecule has 4 nitrogen and oxygen atoms in total. The number of carbonyl (C=O) groups is 2. The highest BCUT2D eigenvalue weighted by Crippen LogP contribution is 2.33. The lowest BCUT2D eigenvalue weighted by Crippen LogP contribution is -2.43. The zero-order chi connectivity index (χ0) is 25.2. The molecule has 0 aliphatic carbocycles. The summed E-state index contributed by atoms with van der Waals surface area (Å²) in [6.07, 6.45) is -2.85. The minimum Gasteiger partial charge on any atom is -0.365 e. The van der Waals surface area contributed by atoms with Crippen molar-refractivity contribution in [2.75, 3.05) is 29.4 Å². The number of nitrogens with zero attached hydrogens (tertiary/aromatic N) is 2. The van der Waals surface area contributed by atoms with E-state index in [1.54, 1.807) is 34.1 Å². The van der Waals surface area contributed by atoms with E-state index >= 15 is 0 Å². The van der Waals surface area contributed by atoms with Gasteiger partial charge >= 0.3 is 6.18 Å². The van der Waals surface area contributed by atoms with E-state index in [9.17, 15) is 31.5 Å². The maximum absolute atomic E-state index is 13.7.